The van der Waals surface area contributed by atoms with E-state index in [2.05, 4.69) is 4.90 Å². The van der Waals surface area contributed by atoms with E-state index in [-0.39, 0.29) is 18.6 Å². The van der Waals surface area contributed by atoms with E-state index in [0.717, 1.165) is 71.2 Å². The lowest BCUT2D eigenvalue weighted by Crippen LogP contribution is -2.49. The summed E-state index contributed by atoms with van der Waals surface area (Å²) in [5, 5.41) is 0. The summed E-state index contributed by atoms with van der Waals surface area (Å²) in [4.78, 5) is 17.2. The lowest BCUT2D eigenvalue weighted by molar-refractivity contribution is -0.138. The third kappa shape index (κ3) is 5.70. The van der Waals surface area contributed by atoms with E-state index in [4.69, 9.17) is 14.2 Å². The molecule has 3 rings (SSSR count). The predicted octanol–water partition coefficient (Wildman–Crippen LogP) is 1.41. The van der Waals surface area contributed by atoms with E-state index < -0.39 is 0 Å². The van der Waals surface area contributed by atoms with Gasteiger partial charge in [-0.1, -0.05) is 18.2 Å². The summed E-state index contributed by atoms with van der Waals surface area (Å²) in [6.45, 7) is 6.61. The number of benzene rings is 1. The number of hydrogen-bond donors (Lipinski definition) is 0. The number of nitrogens with zero attached hydrogens (tertiary/aromatic N) is 2. The van der Waals surface area contributed by atoms with Crippen LogP contribution in [0.2, 0.25) is 0 Å². The average Bonchev–Trinajstić information content (AvgIpc) is 2.69. The molecule has 1 amide bonds. The molecule has 0 spiro atoms. The van der Waals surface area contributed by atoms with Crippen LogP contribution in [-0.2, 0) is 14.3 Å². The fraction of sp³-hybridized carbons (Fsp3) is 0.632. The Kier molecular flexibility index (Phi) is 7.09. The smallest absolute Gasteiger partial charge is 0.260 e. The Balaban J connectivity index is 1.55. The molecule has 6 heteroatoms. The van der Waals surface area contributed by atoms with E-state index in [1.54, 1.807) is 0 Å². The molecule has 0 aliphatic carbocycles. The summed E-state index contributed by atoms with van der Waals surface area (Å²) < 4.78 is 16.5. The highest BCUT2D eigenvalue weighted by Gasteiger charge is 2.26. The van der Waals surface area contributed by atoms with Crippen molar-refractivity contribution >= 4 is 5.91 Å². The van der Waals surface area contributed by atoms with E-state index >= 15 is 0 Å². The zero-order valence-electron chi connectivity index (χ0n) is 14.8. The number of para-hydroxylation sites is 1. The van der Waals surface area contributed by atoms with Crippen LogP contribution in [0.3, 0.4) is 0 Å². The van der Waals surface area contributed by atoms with Gasteiger partial charge < -0.3 is 19.1 Å². The van der Waals surface area contributed by atoms with Gasteiger partial charge in [0.25, 0.3) is 5.91 Å². The van der Waals surface area contributed by atoms with Crippen molar-refractivity contribution in [2.45, 2.75) is 18.9 Å². The number of morpholine rings is 1. The molecule has 0 bridgehead atoms. The second-order valence-corrected chi connectivity index (χ2v) is 6.49. The molecular formula is C19H28N2O4. The normalized spacial score (nSPS) is 19.5. The summed E-state index contributed by atoms with van der Waals surface area (Å²) in [6, 6.07) is 9.76. The molecule has 1 aromatic carbocycles. The first-order chi connectivity index (χ1) is 12.3. The van der Waals surface area contributed by atoms with Gasteiger partial charge in [-0.05, 0) is 25.0 Å². The first-order valence-electron chi connectivity index (χ1n) is 9.18. The maximum Gasteiger partial charge on any atom is 0.260 e. The Labute approximate surface area is 149 Å². The molecule has 0 saturated carbocycles. The lowest BCUT2D eigenvalue weighted by Gasteiger charge is -2.36. The zero-order chi connectivity index (χ0) is 17.3. The fourth-order valence-corrected chi connectivity index (χ4v) is 3.33. The van der Waals surface area contributed by atoms with Gasteiger partial charge in [-0.25, -0.2) is 0 Å². The fourth-order valence-electron chi connectivity index (χ4n) is 3.33. The van der Waals surface area contributed by atoms with Gasteiger partial charge in [-0.2, -0.15) is 0 Å². The molecule has 2 heterocycles. The Morgan fingerprint density at radius 2 is 1.76 bits per heavy atom. The summed E-state index contributed by atoms with van der Waals surface area (Å²) in [5.41, 5.74) is 0. The summed E-state index contributed by atoms with van der Waals surface area (Å²) in [5.74, 6) is 0.792. The van der Waals surface area contributed by atoms with Crippen LogP contribution in [0.25, 0.3) is 0 Å². The van der Waals surface area contributed by atoms with E-state index in [9.17, 15) is 4.79 Å². The summed E-state index contributed by atoms with van der Waals surface area (Å²) >= 11 is 0. The molecule has 2 saturated heterocycles. The van der Waals surface area contributed by atoms with Gasteiger partial charge in [-0.15, -0.1) is 0 Å². The Morgan fingerprint density at radius 1 is 1.08 bits per heavy atom. The number of hydrogen-bond acceptors (Lipinski definition) is 5. The monoisotopic (exact) mass is 348 g/mol. The highest BCUT2D eigenvalue weighted by Crippen LogP contribution is 2.16. The van der Waals surface area contributed by atoms with Crippen molar-refractivity contribution in [3.63, 3.8) is 0 Å². The van der Waals surface area contributed by atoms with Crippen LogP contribution in [0.1, 0.15) is 12.8 Å². The molecule has 1 aromatic rings. The molecular weight excluding hydrogens is 320 g/mol. The third-order valence-corrected chi connectivity index (χ3v) is 4.82. The van der Waals surface area contributed by atoms with Crippen molar-refractivity contribution < 1.29 is 19.0 Å². The SMILES string of the molecule is O=C(COc1ccccc1)N(CCN1CCOCC1)C1CCOCC1. The molecule has 6 nitrogen and oxygen atoms in total. The molecule has 2 aliphatic rings. The van der Waals surface area contributed by atoms with Crippen molar-refractivity contribution in [1.29, 1.82) is 0 Å². The standard InChI is InChI=1S/C19H28N2O4/c22-19(16-25-18-4-2-1-3-5-18)21(17-6-12-23-13-7-17)9-8-20-10-14-24-15-11-20/h1-5,17H,6-16H2. The molecule has 0 N–H and O–H groups in total. The number of carbonyl (C=O) groups excluding carboxylic acids is 1. The minimum absolute atomic E-state index is 0.0593. The molecule has 0 atom stereocenters. The molecule has 0 radical (unpaired) electrons. The van der Waals surface area contributed by atoms with Gasteiger partial charge in [0.15, 0.2) is 6.61 Å². The number of amides is 1. The second kappa shape index (κ2) is 9.75. The maximum absolute atomic E-state index is 12.8. The molecule has 0 unspecified atom stereocenters. The van der Waals surface area contributed by atoms with Crippen molar-refractivity contribution in [3.05, 3.63) is 30.3 Å². The van der Waals surface area contributed by atoms with Crippen molar-refractivity contribution in [2.75, 3.05) is 59.2 Å². The van der Waals surface area contributed by atoms with Crippen LogP contribution in [0.4, 0.5) is 0 Å². The van der Waals surface area contributed by atoms with Gasteiger partial charge in [0.2, 0.25) is 0 Å². The molecule has 25 heavy (non-hydrogen) atoms. The zero-order valence-corrected chi connectivity index (χ0v) is 14.8. The highest BCUT2D eigenvalue weighted by atomic mass is 16.5. The van der Waals surface area contributed by atoms with Gasteiger partial charge >= 0.3 is 0 Å². The van der Waals surface area contributed by atoms with Gasteiger partial charge in [0.1, 0.15) is 5.75 Å². The average molecular weight is 348 g/mol. The van der Waals surface area contributed by atoms with Crippen LogP contribution >= 0.6 is 0 Å². The van der Waals surface area contributed by atoms with Gasteiger partial charge in [-0.3, -0.25) is 9.69 Å². The maximum atomic E-state index is 12.8. The first-order valence-corrected chi connectivity index (χ1v) is 9.18. The molecule has 0 aromatic heterocycles. The topological polar surface area (TPSA) is 51.2 Å². The predicted molar refractivity (Wildman–Crippen MR) is 94.8 cm³/mol. The molecule has 2 aliphatic heterocycles. The van der Waals surface area contributed by atoms with Crippen LogP contribution < -0.4 is 4.74 Å². The number of rotatable bonds is 7. The lowest BCUT2D eigenvalue weighted by atomic mass is 10.1. The number of carbonyl (C=O) groups is 1. The number of ether oxygens (including phenoxy) is 3. The van der Waals surface area contributed by atoms with E-state index in [1.807, 2.05) is 35.2 Å². The third-order valence-electron chi connectivity index (χ3n) is 4.82. The summed E-state index contributed by atoms with van der Waals surface area (Å²) in [7, 11) is 0. The van der Waals surface area contributed by atoms with Gasteiger partial charge in [0.05, 0.1) is 13.2 Å². The van der Waals surface area contributed by atoms with Crippen molar-refractivity contribution in [2.24, 2.45) is 0 Å². The van der Waals surface area contributed by atoms with E-state index in [0.29, 0.717) is 0 Å². The quantitative estimate of drug-likeness (QED) is 0.746. The molecule has 2 fully saturated rings. The van der Waals surface area contributed by atoms with Crippen molar-refractivity contribution in [3.8, 4) is 5.75 Å². The van der Waals surface area contributed by atoms with Crippen LogP contribution in [0.15, 0.2) is 30.3 Å². The second-order valence-electron chi connectivity index (χ2n) is 6.49. The van der Waals surface area contributed by atoms with Crippen LogP contribution in [-0.4, -0.2) is 81.0 Å². The minimum atomic E-state index is 0.0593. The Morgan fingerprint density at radius 3 is 2.48 bits per heavy atom. The molecule has 138 valence electrons. The minimum Gasteiger partial charge on any atom is -0.484 e. The summed E-state index contributed by atoms with van der Waals surface area (Å²) in [6.07, 6.45) is 1.81. The Hall–Kier alpha value is -1.63. The van der Waals surface area contributed by atoms with Gasteiger partial charge in [0, 0.05) is 45.4 Å². The van der Waals surface area contributed by atoms with Crippen LogP contribution in [0, 0.1) is 0 Å². The van der Waals surface area contributed by atoms with Crippen molar-refractivity contribution in [1.82, 2.24) is 9.80 Å². The van der Waals surface area contributed by atoms with Crippen LogP contribution in [0.5, 0.6) is 5.75 Å². The van der Waals surface area contributed by atoms with E-state index in [1.165, 1.54) is 0 Å². The highest BCUT2D eigenvalue weighted by molar-refractivity contribution is 5.78. The largest absolute Gasteiger partial charge is 0.484 e. The first kappa shape index (κ1) is 18.2. The Bertz CT molecular complexity index is 513.